The number of furan rings is 1. The minimum atomic E-state index is -0.948. The fourth-order valence-corrected chi connectivity index (χ4v) is 3.25. The van der Waals surface area contributed by atoms with Crippen LogP contribution in [-0.4, -0.2) is 24.2 Å². The fourth-order valence-electron chi connectivity index (χ4n) is 3.25. The zero-order valence-electron chi connectivity index (χ0n) is 14.3. The molecule has 126 valence electrons. The van der Waals surface area contributed by atoms with Gasteiger partial charge in [-0.2, -0.15) is 5.26 Å². The van der Waals surface area contributed by atoms with Crippen LogP contribution < -0.4 is 0 Å². The molecule has 3 rings (SSSR count). The number of nitrogens with zero attached hydrogens (tertiary/aromatic N) is 2. The van der Waals surface area contributed by atoms with Crippen molar-refractivity contribution in [3.63, 3.8) is 0 Å². The summed E-state index contributed by atoms with van der Waals surface area (Å²) in [5.74, 6) is 1.77. The van der Waals surface area contributed by atoms with Gasteiger partial charge in [0.05, 0.1) is 6.07 Å². The minimum absolute atomic E-state index is 0.291. The first-order valence-electron chi connectivity index (χ1n) is 8.39. The number of likely N-dealkylation sites (tertiary alicyclic amines) is 1. The molecule has 3 nitrogen and oxygen atoms in total. The molecule has 1 aliphatic heterocycles. The van der Waals surface area contributed by atoms with Crippen molar-refractivity contribution in [1.29, 1.82) is 5.26 Å². The highest BCUT2D eigenvalue weighted by molar-refractivity contribution is 5.57. The van der Waals surface area contributed by atoms with Crippen molar-refractivity contribution in [3.8, 4) is 17.4 Å². The van der Waals surface area contributed by atoms with Crippen LogP contribution in [0.15, 0.2) is 40.8 Å². The van der Waals surface area contributed by atoms with Gasteiger partial charge in [-0.05, 0) is 37.6 Å². The first-order chi connectivity index (χ1) is 11.5. The first kappa shape index (κ1) is 16.7. The molecule has 0 bridgehead atoms. The van der Waals surface area contributed by atoms with Crippen molar-refractivity contribution in [1.82, 2.24) is 4.90 Å². The van der Waals surface area contributed by atoms with E-state index in [0.29, 0.717) is 13.0 Å². The van der Waals surface area contributed by atoms with Crippen molar-refractivity contribution in [3.05, 3.63) is 47.7 Å². The summed E-state index contributed by atoms with van der Waals surface area (Å²) in [6, 6.07) is 14.3. The van der Waals surface area contributed by atoms with E-state index < -0.39 is 11.6 Å². The second-order valence-electron chi connectivity index (χ2n) is 7.05. The van der Waals surface area contributed by atoms with Gasteiger partial charge < -0.3 is 4.42 Å². The van der Waals surface area contributed by atoms with Crippen LogP contribution in [0.3, 0.4) is 0 Å². The average Bonchev–Trinajstić information content (AvgIpc) is 2.99. The van der Waals surface area contributed by atoms with Gasteiger partial charge in [0.25, 0.3) is 0 Å². The Bertz CT molecular complexity index is 731. The maximum Gasteiger partial charge on any atom is 0.134 e. The highest BCUT2D eigenvalue weighted by Crippen LogP contribution is 2.36. The molecule has 1 fully saturated rings. The lowest BCUT2D eigenvalue weighted by atomic mass is 9.76. The van der Waals surface area contributed by atoms with Gasteiger partial charge in [0.1, 0.15) is 17.7 Å². The summed E-state index contributed by atoms with van der Waals surface area (Å²) in [6.45, 7) is 5.79. The third-order valence-corrected chi connectivity index (χ3v) is 5.04. The number of hydrogen-bond donors (Lipinski definition) is 0. The Hall–Kier alpha value is -2.12. The SMILES string of the molecule is Cc1ccc(-c2ccc(CN3CCC(C)(CC#N)C(F)C3)cc2)o1. The smallest absolute Gasteiger partial charge is 0.134 e. The van der Waals surface area contributed by atoms with E-state index in [9.17, 15) is 4.39 Å². The van der Waals surface area contributed by atoms with Gasteiger partial charge in [-0.15, -0.1) is 0 Å². The lowest BCUT2D eigenvalue weighted by Crippen LogP contribution is -2.47. The van der Waals surface area contributed by atoms with Gasteiger partial charge >= 0.3 is 0 Å². The molecule has 0 radical (unpaired) electrons. The lowest BCUT2D eigenvalue weighted by molar-refractivity contribution is 0.0186. The third-order valence-electron chi connectivity index (χ3n) is 5.04. The Balaban J connectivity index is 1.62. The van der Waals surface area contributed by atoms with Crippen LogP contribution >= 0.6 is 0 Å². The number of alkyl halides is 1. The molecule has 0 aliphatic carbocycles. The standard InChI is InChI=1S/C20H23FN2O/c1-15-3-8-18(24-15)17-6-4-16(5-7-17)13-23-12-10-20(2,9-11-22)19(21)14-23/h3-8,19H,9-10,12-14H2,1-2H3. The normalized spacial score (nSPS) is 24.7. The average molecular weight is 326 g/mol. The maximum atomic E-state index is 14.5. The van der Waals surface area contributed by atoms with Crippen molar-refractivity contribution in [2.24, 2.45) is 5.41 Å². The largest absolute Gasteiger partial charge is 0.461 e. The number of aryl methyl sites for hydroxylation is 1. The van der Waals surface area contributed by atoms with Crippen molar-refractivity contribution >= 4 is 0 Å². The number of halogens is 1. The topological polar surface area (TPSA) is 40.2 Å². The van der Waals surface area contributed by atoms with Gasteiger partial charge in [0, 0.05) is 30.5 Å². The molecule has 2 heterocycles. The van der Waals surface area contributed by atoms with E-state index >= 15 is 0 Å². The molecule has 1 aliphatic rings. The van der Waals surface area contributed by atoms with Crippen LogP contribution in [0.1, 0.15) is 31.1 Å². The van der Waals surface area contributed by atoms with Crippen LogP contribution in [-0.2, 0) is 6.54 Å². The molecule has 1 aromatic carbocycles. The van der Waals surface area contributed by atoms with Crippen LogP contribution in [0.2, 0.25) is 0 Å². The lowest BCUT2D eigenvalue weighted by Gasteiger charge is -2.41. The van der Waals surface area contributed by atoms with Crippen molar-refractivity contribution in [2.75, 3.05) is 13.1 Å². The summed E-state index contributed by atoms with van der Waals surface area (Å²) in [4.78, 5) is 2.13. The zero-order chi connectivity index (χ0) is 17.2. The Kier molecular flexibility index (Phi) is 4.73. The summed E-state index contributed by atoms with van der Waals surface area (Å²) < 4.78 is 20.1. The Morgan fingerprint density at radius 1 is 1.29 bits per heavy atom. The highest BCUT2D eigenvalue weighted by atomic mass is 19.1. The van der Waals surface area contributed by atoms with Crippen LogP contribution in [0.4, 0.5) is 4.39 Å². The number of nitriles is 1. The van der Waals surface area contributed by atoms with Gasteiger partial charge in [0.15, 0.2) is 0 Å². The number of piperidine rings is 1. The molecule has 0 spiro atoms. The Morgan fingerprint density at radius 3 is 2.62 bits per heavy atom. The van der Waals surface area contributed by atoms with Gasteiger partial charge in [0.2, 0.25) is 0 Å². The number of benzene rings is 1. The molecule has 1 saturated heterocycles. The second kappa shape index (κ2) is 6.78. The third kappa shape index (κ3) is 3.52. The molecule has 1 aromatic heterocycles. The minimum Gasteiger partial charge on any atom is -0.461 e. The maximum absolute atomic E-state index is 14.5. The predicted octanol–water partition coefficient (Wildman–Crippen LogP) is 4.72. The molecule has 0 amide bonds. The summed E-state index contributed by atoms with van der Waals surface area (Å²) in [5.41, 5.74) is 1.72. The fraction of sp³-hybridized carbons (Fsp3) is 0.450. The van der Waals surface area contributed by atoms with E-state index in [0.717, 1.165) is 42.2 Å². The summed E-state index contributed by atoms with van der Waals surface area (Å²) in [6.07, 6.45) is 0.0707. The van der Waals surface area contributed by atoms with E-state index in [4.69, 9.17) is 9.68 Å². The molecule has 2 aromatic rings. The van der Waals surface area contributed by atoms with E-state index in [1.807, 2.05) is 38.1 Å². The molecule has 2 atom stereocenters. The quantitative estimate of drug-likeness (QED) is 0.816. The Labute approximate surface area is 142 Å². The van der Waals surface area contributed by atoms with Crippen LogP contribution in [0, 0.1) is 23.7 Å². The first-order valence-corrected chi connectivity index (χ1v) is 8.39. The van der Waals surface area contributed by atoms with Crippen LogP contribution in [0.25, 0.3) is 11.3 Å². The predicted molar refractivity (Wildman–Crippen MR) is 92.0 cm³/mol. The number of rotatable bonds is 4. The van der Waals surface area contributed by atoms with Gasteiger partial charge in [-0.3, -0.25) is 4.90 Å². The molecule has 0 saturated carbocycles. The van der Waals surface area contributed by atoms with Gasteiger partial charge in [-0.1, -0.05) is 31.2 Å². The zero-order valence-corrected chi connectivity index (χ0v) is 14.3. The van der Waals surface area contributed by atoms with E-state index in [-0.39, 0.29) is 0 Å². The molecule has 2 unspecified atom stereocenters. The molecule has 4 heteroatoms. The van der Waals surface area contributed by atoms with E-state index in [2.05, 4.69) is 23.1 Å². The highest BCUT2D eigenvalue weighted by Gasteiger charge is 2.39. The summed E-state index contributed by atoms with van der Waals surface area (Å²) in [7, 11) is 0. The summed E-state index contributed by atoms with van der Waals surface area (Å²) in [5, 5.41) is 8.89. The molecular weight excluding hydrogens is 303 g/mol. The van der Waals surface area contributed by atoms with Gasteiger partial charge in [-0.25, -0.2) is 4.39 Å². The monoisotopic (exact) mass is 326 g/mol. The van der Waals surface area contributed by atoms with Crippen LogP contribution in [0.5, 0.6) is 0 Å². The van der Waals surface area contributed by atoms with Crippen molar-refractivity contribution < 1.29 is 8.81 Å². The molecule has 24 heavy (non-hydrogen) atoms. The second-order valence-corrected chi connectivity index (χ2v) is 7.05. The Morgan fingerprint density at radius 2 is 2.04 bits per heavy atom. The number of hydrogen-bond acceptors (Lipinski definition) is 3. The van der Waals surface area contributed by atoms with Crippen molar-refractivity contribution in [2.45, 2.75) is 39.4 Å². The van der Waals surface area contributed by atoms with E-state index in [1.54, 1.807) is 0 Å². The molecule has 0 N–H and O–H groups in total. The van der Waals surface area contributed by atoms with E-state index in [1.165, 1.54) is 0 Å². The molecular formula is C20H23FN2O. The summed E-state index contributed by atoms with van der Waals surface area (Å²) >= 11 is 0.